The molecule has 0 amide bonds. The fourth-order valence-corrected chi connectivity index (χ4v) is 0.694. The monoisotopic (exact) mass is 268 g/mol. The first-order valence-electron chi connectivity index (χ1n) is 4.39. The standard InChI is InChI=1S/C8H10F6O3/c1-4(2)17-6(15)16-3-7(10,11)5(9)8(12,13)14/h4-5H,3H2,1-2H3/t5-/m1/s1. The Labute approximate surface area is 92.7 Å². The Hall–Kier alpha value is -1.15. The highest BCUT2D eigenvalue weighted by Gasteiger charge is 2.57. The van der Waals surface area contributed by atoms with Crippen molar-refractivity contribution >= 4 is 6.16 Å². The summed E-state index contributed by atoms with van der Waals surface area (Å²) < 4.78 is 80.3. The fourth-order valence-electron chi connectivity index (χ4n) is 0.694. The maximum atomic E-state index is 12.6. The van der Waals surface area contributed by atoms with Crippen LogP contribution in [-0.4, -0.2) is 37.1 Å². The molecule has 0 unspecified atom stereocenters. The zero-order valence-electron chi connectivity index (χ0n) is 8.85. The van der Waals surface area contributed by atoms with Crippen LogP contribution in [0.3, 0.4) is 0 Å². The molecule has 0 rings (SSSR count). The van der Waals surface area contributed by atoms with E-state index in [1.165, 1.54) is 13.8 Å². The summed E-state index contributed by atoms with van der Waals surface area (Å²) in [7, 11) is 0. The molecule has 0 saturated carbocycles. The van der Waals surface area contributed by atoms with E-state index in [2.05, 4.69) is 9.47 Å². The van der Waals surface area contributed by atoms with E-state index in [1.807, 2.05) is 0 Å². The summed E-state index contributed by atoms with van der Waals surface area (Å²) >= 11 is 0. The maximum Gasteiger partial charge on any atom is 0.508 e. The van der Waals surface area contributed by atoms with Crippen molar-refractivity contribution in [3.05, 3.63) is 0 Å². The van der Waals surface area contributed by atoms with Crippen molar-refractivity contribution in [2.45, 2.75) is 38.2 Å². The highest BCUT2D eigenvalue weighted by molar-refractivity contribution is 5.60. The number of carbonyl (C=O) groups excluding carboxylic acids is 1. The van der Waals surface area contributed by atoms with Crippen molar-refractivity contribution in [3.63, 3.8) is 0 Å². The number of hydrogen-bond donors (Lipinski definition) is 0. The number of ether oxygens (including phenoxy) is 2. The topological polar surface area (TPSA) is 35.5 Å². The summed E-state index contributed by atoms with van der Waals surface area (Å²) in [5, 5.41) is 0. The minimum Gasteiger partial charge on any atom is -0.432 e. The van der Waals surface area contributed by atoms with E-state index in [1.54, 1.807) is 0 Å². The lowest BCUT2D eigenvalue weighted by Crippen LogP contribution is -2.45. The van der Waals surface area contributed by atoms with Gasteiger partial charge in [0, 0.05) is 0 Å². The summed E-state index contributed by atoms with van der Waals surface area (Å²) in [6.45, 7) is 0.694. The molecule has 0 aromatic carbocycles. The molecule has 0 heterocycles. The zero-order valence-corrected chi connectivity index (χ0v) is 8.85. The van der Waals surface area contributed by atoms with Crippen molar-refractivity contribution in [2.75, 3.05) is 6.61 Å². The summed E-state index contributed by atoms with van der Waals surface area (Å²) in [6, 6.07) is 0. The minimum atomic E-state index is -5.73. The van der Waals surface area contributed by atoms with Gasteiger partial charge in [-0.1, -0.05) is 0 Å². The van der Waals surface area contributed by atoms with Gasteiger partial charge in [-0.25, -0.2) is 9.18 Å². The average Bonchev–Trinajstić information content (AvgIpc) is 2.11. The third kappa shape index (κ3) is 5.64. The van der Waals surface area contributed by atoms with E-state index in [0.717, 1.165) is 0 Å². The predicted octanol–water partition coefficient (Wildman–Crippen LogP) is 3.08. The molecule has 0 aliphatic carbocycles. The molecule has 0 spiro atoms. The van der Waals surface area contributed by atoms with Gasteiger partial charge in [0.15, 0.2) is 6.61 Å². The molecular weight excluding hydrogens is 258 g/mol. The Morgan fingerprint density at radius 2 is 1.65 bits per heavy atom. The van der Waals surface area contributed by atoms with Crippen LogP contribution in [0.5, 0.6) is 0 Å². The number of rotatable bonds is 4. The molecule has 0 bridgehead atoms. The van der Waals surface area contributed by atoms with Crippen LogP contribution in [0, 0.1) is 0 Å². The highest BCUT2D eigenvalue weighted by atomic mass is 19.4. The first kappa shape index (κ1) is 15.9. The third-order valence-electron chi connectivity index (χ3n) is 1.37. The van der Waals surface area contributed by atoms with Crippen LogP contribution >= 0.6 is 0 Å². The Balaban J connectivity index is 4.32. The Morgan fingerprint density at radius 3 is 2.00 bits per heavy atom. The van der Waals surface area contributed by atoms with Crippen LogP contribution in [0.15, 0.2) is 0 Å². The second kappa shape index (κ2) is 5.46. The molecule has 0 aromatic heterocycles. The SMILES string of the molecule is CC(C)OC(=O)OCC(F)(F)[C@@H](F)C(F)(F)F. The van der Waals surface area contributed by atoms with Crippen LogP contribution in [0.4, 0.5) is 31.1 Å². The second-order valence-electron chi connectivity index (χ2n) is 3.37. The highest BCUT2D eigenvalue weighted by Crippen LogP contribution is 2.35. The van der Waals surface area contributed by atoms with Gasteiger partial charge in [0.05, 0.1) is 6.10 Å². The van der Waals surface area contributed by atoms with Crippen LogP contribution < -0.4 is 0 Å². The van der Waals surface area contributed by atoms with Gasteiger partial charge in [0.1, 0.15) is 0 Å². The minimum absolute atomic E-state index is 0.695. The molecule has 17 heavy (non-hydrogen) atoms. The molecule has 0 radical (unpaired) electrons. The number of hydrogen-bond acceptors (Lipinski definition) is 3. The Morgan fingerprint density at radius 1 is 1.18 bits per heavy atom. The summed E-state index contributed by atoms with van der Waals surface area (Å²) in [4.78, 5) is 10.6. The lowest BCUT2D eigenvalue weighted by atomic mass is 10.2. The maximum absolute atomic E-state index is 12.6. The summed E-state index contributed by atoms with van der Waals surface area (Å²) in [5.41, 5.74) is 0. The molecule has 0 N–H and O–H groups in total. The zero-order chi connectivity index (χ0) is 13.9. The van der Waals surface area contributed by atoms with Gasteiger partial charge in [-0.05, 0) is 13.8 Å². The number of halogens is 6. The largest absolute Gasteiger partial charge is 0.508 e. The van der Waals surface area contributed by atoms with Gasteiger partial charge in [-0.3, -0.25) is 0 Å². The van der Waals surface area contributed by atoms with Gasteiger partial charge in [-0.2, -0.15) is 22.0 Å². The summed E-state index contributed by atoms with van der Waals surface area (Å²) in [6.07, 6.45) is -12.4. The van der Waals surface area contributed by atoms with Crippen molar-refractivity contribution in [1.82, 2.24) is 0 Å². The van der Waals surface area contributed by atoms with E-state index in [0.29, 0.717) is 0 Å². The van der Waals surface area contributed by atoms with E-state index >= 15 is 0 Å². The van der Waals surface area contributed by atoms with E-state index in [-0.39, 0.29) is 0 Å². The normalized spacial score (nSPS) is 14.6. The smallest absolute Gasteiger partial charge is 0.432 e. The molecule has 9 heteroatoms. The Kier molecular flexibility index (Phi) is 5.09. The van der Waals surface area contributed by atoms with Crippen molar-refractivity contribution < 1.29 is 40.6 Å². The van der Waals surface area contributed by atoms with Crippen LogP contribution in [0.25, 0.3) is 0 Å². The van der Waals surface area contributed by atoms with Gasteiger partial charge >= 0.3 is 18.3 Å². The van der Waals surface area contributed by atoms with Crippen molar-refractivity contribution in [3.8, 4) is 0 Å². The average molecular weight is 268 g/mol. The number of alkyl halides is 6. The molecule has 0 aliphatic heterocycles. The van der Waals surface area contributed by atoms with Crippen LogP contribution in [0.2, 0.25) is 0 Å². The second-order valence-corrected chi connectivity index (χ2v) is 3.37. The van der Waals surface area contributed by atoms with Crippen LogP contribution in [0.1, 0.15) is 13.8 Å². The first-order chi connectivity index (χ1) is 7.47. The fraction of sp³-hybridized carbons (Fsp3) is 0.875. The molecular formula is C8H10F6O3. The van der Waals surface area contributed by atoms with Crippen molar-refractivity contribution in [1.29, 1.82) is 0 Å². The van der Waals surface area contributed by atoms with Crippen LogP contribution in [-0.2, 0) is 9.47 Å². The lowest BCUT2D eigenvalue weighted by molar-refractivity contribution is -0.252. The first-order valence-corrected chi connectivity index (χ1v) is 4.39. The van der Waals surface area contributed by atoms with Crippen molar-refractivity contribution in [2.24, 2.45) is 0 Å². The molecule has 0 aromatic rings. The molecule has 3 nitrogen and oxygen atoms in total. The van der Waals surface area contributed by atoms with E-state index in [9.17, 15) is 31.1 Å². The van der Waals surface area contributed by atoms with Gasteiger partial charge < -0.3 is 9.47 Å². The molecule has 1 atom stereocenters. The number of carbonyl (C=O) groups is 1. The molecule has 0 aliphatic rings. The predicted molar refractivity (Wildman–Crippen MR) is 43.5 cm³/mol. The molecule has 102 valence electrons. The van der Waals surface area contributed by atoms with E-state index in [4.69, 9.17) is 0 Å². The van der Waals surface area contributed by atoms with Gasteiger partial charge in [0.25, 0.3) is 6.17 Å². The quantitative estimate of drug-likeness (QED) is 0.580. The molecule has 0 saturated heterocycles. The summed E-state index contributed by atoms with van der Waals surface area (Å²) in [5.74, 6) is -4.85. The van der Waals surface area contributed by atoms with Gasteiger partial charge in [-0.15, -0.1) is 0 Å². The van der Waals surface area contributed by atoms with Gasteiger partial charge in [0.2, 0.25) is 0 Å². The Bertz CT molecular complexity index is 262. The molecule has 0 fully saturated rings. The lowest BCUT2D eigenvalue weighted by Gasteiger charge is -2.22. The third-order valence-corrected chi connectivity index (χ3v) is 1.37. The van der Waals surface area contributed by atoms with E-state index < -0.39 is 37.1 Å².